The number of nitrogens with zero attached hydrogens (tertiary/aromatic N) is 1. The van der Waals surface area contributed by atoms with Crippen LogP contribution in [0.4, 0.5) is 16.2 Å². The molecule has 3 aromatic rings. The van der Waals surface area contributed by atoms with Crippen molar-refractivity contribution in [1.82, 2.24) is 10.9 Å². The monoisotopic (exact) mass is 404 g/mol. The van der Waals surface area contributed by atoms with Gasteiger partial charge in [-0.05, 0) is 43.7 Å². The van der Waals surface area contributed by atoms with Gasteiger partial charge in [0.05, 0.1) is 5.69 Å². The molecule has 0 fully saturated rings. The largest absolute Gasteiger partial charge is 0.337 e. The zero-order valence-corrected chi connectivity index (χ0v) is 17.3. The SMILES string of the molecule is Cc1ccc(N=C(NNC(=O)Nc2ccc(C)cc2)SCc2ccccc2)cc1. The summed E-state index contributed by atoms with van der Waals surface area (Å²) in [7, 11) is 0. The number of carbonyl (C=O) groups is 1. The van der Waals surface area contributed by atoms with Crippen LogP contribution < -0.4 is 16.2 Å². The molecule has 3 rings (SSSR count). The van der Waals surface area contributed by atoms with E-state index in [1.54, 1.807) is 0 Å². The van der Waals surface area contributed by atoms with Crippen LogP contribution in [-0.2, 0) is 5.75 Å². The molecular weight excluding hydrogens is 380 g/mol. The maximum absolute atomic E-state index is 12.2. The Balaban J connectivity index is 1.64. The number of carbonyl (C=O) groups excluding carboxylic acids is 1. The molecule has 29 heavy (non-hydrogen) atoms. The van der Waals surface area contributed by atoms with E-state index in [9.17, 15) is 4.79 Å². The topological polar surface area (TPSA) is 65.5 Å². The summed E-state index contributed by atoms with van der Waals surface area (Å²) in [5.74, 6) is 0.736. The van der Waals surface area contributed by atoms with E-state index in [1.807, 2.05) is 80.6 Å². The van der Waals surface area contributed by atoms with Crippen molar-refractivity contribution in [2.75, 3.05) is 5.32 Å². The van der Waals surface area contributed by atoms with Gasteiger partial charge in [-0.3, -0.25) is 5.43 Å². The molecule has 0 aliphatic carbocycles. The summed E-state index contributed by atoms with van der Waals surface area (Å²) in [6, 6.07) is 25.3. The molecule has 3 N–H and O–H groups in total. The highest BCUT2D eigenvalue weighted by atomic mass is 32.2. The van der Waals surface area contributed by atoms with Crippen molar-refractivity contribution in [2.45, 2.75) is 19.6 Å². The smallest absolute Gasteiger partial charge is 0.307 e. The fourth-order valence-electron chi connectivity index (χ4n) is 2.47. The summed E-state index contributed by atoms with van der Waals surface area (Å²) in [5, 5.41) is 3.40. The molecule has 0 aliphatic heterocycles. The van der Waals surface area contributed by atoms with E-state index in [1.165, 1.54) is 22.9 Å². The van der Waals surface area contributed by atoms with Crippen LogP contribution in [-0.4, -0.2) is 11.2 Å². The third-order valence-electron chi connectivity index (χ3n) is 4.08. The van der Waals surface area contributed by atoms with Gasteiger partial charge in [0.25, 0.3) is 0 Å². The second kappa shape index (κ2) is 10.3. The van der Waals surface area contributed by atoms with Crippen LogP contribution >= 0.6 is 11.8 Å². The summed E-state index contributed by atoms with van der Waals surface area (Å²) in [5.41, 5.74) is 10.6. The molecule has 2 amide bonds. The van der Waals surface area contributed by atoms with E-state index in [2.05, 4.69) is 33.3 Å². The van der Waals surface area contributed by atoms with Gasteiger partial charge in [0.15, 0.2) is 5.17 Å². The van der Waals surface area contributed by atoms with Gasteiger partial charge in [0.1, 0.15) is 0 Å². The van der Waals surface area contributed by atoms with Gasteiger partial charge >= 0.3 is 6.03 Å². The first kappa shape index (κ1) is 20.5. The molecule has 0 radical (unpaired) electrons. The summed E-state index contributed by atoms with van der Waals surface area (Å²) >= 11 is 1.52. The molecule has 0 spiro atoms. The van der Waals surface area contributed by atoms with Gasteiger partial charge in [-0.25, -0.2) is 15.2 Å². The first-order chi connectivity index (χ1) is 14.1. The zero-order chi connectivity index (χ0) is 20.5. The molecule has 0 saturated heterocycles. The van der Waals surface area contributed by atoms with E-state index < -0.39 is 0 Å². The van der Waals surface area contributed by atoms with Gasteiger partial charge in [0, 0.05) is 11.4 Å². The molecule has 0 aromatic heterocycles. The summed E-state index contributed by atoms with van der Waals surface area (Å²) in [4.78, 5) is 16.9. The molecular formula is C23H24N4OS. The number of anilines is 1. The Labute approximate surface area is 175 Å². The number of amides is 2. The van der Waals surface area contributed by atoms with Gasteiger partial charge in [-0.2, -0.15) is 0 Å². The van der Waals surface area contributed by atoms with Crippen LogP contribution in [0.1, 0.15) is 16.7 Å². The number of benzene rings is 3. The Bertz CT molecular complexity index is 954. The van der Waals surface area contributed by atoms with Crippen molar-refractivity contribution in [3.63, 3.8) is 0 Å². The van der Waals surface area contributed by atoms with Crippen molar-refractivity contribution in [2.24, 2.45) is 4.99 Å². The molecule has 148 valence electrons. The number of aliphatic imine (C=N–C) groups is 1. The first-order valence-corrected chi connectivity index (χ1v) is 10.3. The van der Waals surface area contributed by atoms with Gasteiger partial charge in [-0.15, -0.1) is 0 Å². The normalized spacial score (nSPS) is 11.0. The number of thioether (sulfide) groups is 1. The lowest BCUT2D eigenvalue weighted by Crippen LogP contribution is -2.42. The highest BCUT2D eigenvalue weighted by molar-refractivity contribution is 8.13. The molecule has 3 aromatic carbocycles. The number of hydrogen-bond donors (Lipinski definition) is 3. The number of hydrogen-bond acceptors (Lipinski definition) is 3. The fourth-order valence-corrected chi connectivity index (χ4v) is 3.26. The third-order valence-corrected chi connectivity index (χ3v) is 5.02. The molecule has 0 atom stereocenters. The van der Waals surface area contributed by atoms with Gasteiger partial charge in [-0.1, -0.05) is 77.5 Å². The minimum atomic E-state index is -0.356. The molecule has 0 heterocycles. The molecule has 0 unspecified atom stereocenters. The van der Waals surface area contributed by atoms with Crippen LogP contribution in [0.2, 0.25) is 0 Å². The van der Waals surface area contributed by atoms with Crippen LogP contribution in [0.25, 0.3) is 0 Å². The standard InChI is InChI=1S/C23H24N4OS/c1-17-8-12-20(13-9-17)24-22(28)26-27-23(25-21-14-10-18(2)11-15-21)29-16-19-6-4-3-5-7-19/h3-15H,16H2,1-2H3,(H,25,27)(H2,24,26,28). The number of nitrogens with one attached hydrogen (secondary N) is 3. The molecule has 6 heteroatoms. The van der Waals surface area contributed by atoms with Crippen molar-refractivity contribution >= 4 is 34.3 Å². The van der Waals surface area contributed by atoms with Crippen LogP contribution in [0.15, 0.2) is 83.9 Å². The maximum atomic E-state index is 12.2. The van der Waals surface area contributed by atoms with E-state index in [0.29, 0.717) is 5.17 Å². The Hall–Kier alpha value is -3.25. The first-order valence-electron chi connectivity index (χ1n) is 9.30. The second-order valence-corrected chi connectivity index (χ2v) is 7.56. The van der Waals surface area contributed by atoms with Crippen LogP contribution in [0, 0.1) is 13.8 Å². The number of hydrazine groups is 1. The average Bonchev–Trinajstić information content (AvgIpc) is 2.74. The minimum Gasteiger partial charge on any atom is -0.307 e. The van der Waals surface area contributed by atoms with Crippen LogP contribution in [0.5, 0.6) is 0 Å². The highest BCUT2D eigenvalue weighted by Gasteiger charge is 2.06. The second-order valence-electron chi connectivity index (χ2n) is 6.60. The third kappa shape index (κ3) is 7.01. The van der Waals surface area contributed by atoms with Crippen molar-refractivity contribution in [1.29, 1.82) is 0 Å². The zero-order valence-electron chi connectivity index (χ0n) is 16.5. The van der Waals surface area contributed by atoms with Gasteiger partial charge < -0.3 is 5.32 Å². The van der Waals surface area contributed by atoms with E-state index in [4.69, 9.17) is 0 Å². The molecule has 0 aliphatic rings. The lowest BCUT2D eigenvalue weighted by molar-refractivity contribution is 0.250. The predicted molar refractivity (Wildman–Crippen MR) is 122 cm³/mol. The Morgan fingerprint density at radius 3 is 2.10 bits per heavy atom. The summed E-state index contributed by atoms with van der Waals surface area (Å²) in [6.45, 7) is 4.04. The lowest BCUT2D eigenvalue weighted by atomic mass is 10.2. The van der Waals surface area contributed by atoms with E-state index in [-0.39, 0.29) is 6.03 Å². The quantitative estimate of drug-likeness (QED) is 0.303. The van der Waals surface area contributed by atoms with Crippen molar-refractivity contribution in [3.8, 4) is 0 Å². The fraction of sp³-hybridized carbons (Fsp3) is 0.130. The summed E-state index contributed by atoms with van der Waals surface area (Å²) in [6.07, 6.45) is 0. The summed E-state index contributed by atoms with van der Waals surface area (Å²) < 4.78 is 0. The Morgan fingerprint density at radius 2 is 1.45 bits per heavy atom. The van der Waals surface area contributed by atoms with Crippen molar-refractivity contribution < 1.29 is 4.79 Å². The molecule has 0 saturated carbocycles. The maximum Gasteiger partial charge on any atom is 0.337 e. The number of aryl methyl sites for hydroxylation is 2. The minimum absolute atomic E-state index is 0.356. The highest BCUT2D eigenvalue weighted by Crippen LogP contribution is 2.18. The number of rotatable bonds is 4. The lowest BCUT2D eigenvalue weighted by Gasteiger charge is -2.12. The van der Waals surface area contributed by atoms with E-state index in [0.717, 1.165) is 22.7 Å². The van der Waals surface area contributed by atoms with Crippen LogP contribution in [0.3, 0.4) is 0 Å². The Kier molecular flexibility index (Phi) is 7.30. The van der Waals surface area contributed by atoms with Gasteiger partial charge in [0.2, 0.25) is 0 Å². The molecule has 5 nitrogen and oxygen atoms in total. The average molecular weight is 405 g/mol. The van der Waals surface area contributed by atoms with E-state index >= 15 is 0 Å². The molecule has 0 bridgehead atoms. The predicted octanol–water partition coefficient (Wildman–Crippen LogP) is 5.55. The van der Waals surface area contributed by atoms with Crippen molar-refractivity contribution in [3.05, 3.63) is 95.6 Å². The number of urea groups is 1. The number of amidine groups is 1. The Morgan fingerprint density at radius 1 is 0.828 bits per heavy atom.